The molecular weight excluding hydrogens is 321 g/mol. The molecule has 0 radical (unpaired) electrons. The number of carbonyl (C=O) groups is 1. The molecule has 2 heterocycles. The van der Waals surface area contributed by atoms with E-state index in [9.17, 15) is 18.0 Å². The predicted octanol–water partition coefficient (Wildman–Crippen LogP) is 3.00. The van der Waals surface area contributed by atoms with Crippen molar-refractivity contribution < 1.29 is 18.0 Å². The lowest BCUT2D eigenvalue weighted by atomic mass is 10.1. The van der Waals surface area contributed by atoms with Crippen LogP contribution in [0, 0.1) is 0 Å². The Hall–Kier alpha value is -2.64. The highest BCUT2D eigenvalue weighted by Crippen LogP contribution is 2.30. The third-order valence-corrected chi connectivity index (χ3v) is 3.53. The van der Waals surface area contributed by atoms with Crippen LogP contribution in [0.5, 0.6) is 0 Å². The molecule has 0 aromatic carbocycles. The molecule has 126 valence electrons. The first-order valence-corrected chi connectivity index (χ1v) is 7.45. The van der Waals surface area contributed by atoms with Crippen molar-refractivity contribution in [1.82, 2.24) is 15.3 Å². The van der Waals surface area contributed by atoms with Crippen LogP contribution in [0.15, 0.2) is 36.7 Å². The van der Waals surface area contributed by atoms with Crippen molar-refractivity contribution >= 4 is 11.7 Å². The fourth-order valence-corrected chi connectivity index (χ4v) is 2.19. The number of anilines is 1. The highest BCUT2D eigenvalue weighted by Gasteiger charge is 2.36. The van der Waals surface area contributed by atoms with Gasteiger partial charge in [0, 0.05) is 25.0 Å². The number of alkyl halides is 3. The van der Waals surface area contributed by atoms with Crippen LogP contribution in [0.4, 0.5) is 19.0 Å². The Labute approximate surface area is 136 Å². The van der Waals surface area contributed by atoms with Gasteiger partial charge in [-0.3, -0.25) is 9.78 Å². The molecule has 2 N–H and O–H groups in total. The Morgan fingerprint density at radius 3 is 2.71 bits per heavy atom. The van der Waals surface area contributed by atoms with E-state index >= 15 is 0 Å². The fourth-order valence-electron chi connectivity index (χ4n) is 2.19. The van der Waals surface area contributed by atoms with Crippen LogP contribution in [0.1, 0.15) is 34.5 Å². The number of nitrogens with one attached hydrogen (secondary N) is 2. The number of carbonyl (C=O) groups excluding carboxylic acids is 1. The summed E-state index contributed by atoms with van der Waals surface area (Å²) < 4.78 is 38.7. The average molecular weight is 336 g/mol. The Kier molecular flexibility index (Phi) is 4.37. The van der Waals surface area contributed by atoms with Crippen molar-refractivity contribution in [2.24, 2.45) is 0 Å². The summed E-state index contributed by atoms with van der Waals surface area (Å²) in [5.41, 5.74) is -0.928. The summed E-state index contributed by atoms with van der Waals surface area (Å²) in [4.78, 5) is 19.5. The first-order valence-electron chi connectivity index (χ1n) is 7.45. The van der Waals surface area contributed by atoms with Gasteiger partial charge < -0.3 is 10.6 Å². The molecule has 24 heavy (non-hydrogen) atoms. The smallest absolute Gasteiger partial charge is 0.367 e. The Morgan fingerprint density at radius 1 is 1.21 bits per heavy atom. The molecule has 1 fully saturated rings. The van der Waals surface area contributed by atoms with E-state index in [2.05, 4.69) is 20.6 Å². The summed E-state index contributed by atoms with van der Waals surface area (Å²) in [6, 6.07) is 6.32. The second-order valence-corrected chi connectivity index (χ2v) is 5.55. The number of aromatic nitrogens is 2. The molecule has 1 amide bonds. The summed E-state index contributed by atoms with van der Waals surface area (Å²) in [7, 11) is 0. The van der Waals surface area contributed by atoms with Gasteiger partial charge >= 0.3 is 6.18 Å². The Morgan fingerprint density at radius 2 is 2.00 bits per heavy atom. The number of rotatable bonds is 5. The average Bonchev–Trinajstić information content (AvgIpc) is 3.36. The van der Waals surface area contributed by atoms with Gasteiger partial charge in [0.05, 0.1) is 5.56 Å². The van der Waals surface area contributed by atoms with Gasteiger partial charge in [-0.15, -0.1) is 0 Å². The summed E-state index contributed by atoms with van der Waals surface area (Å²) in [5.74, 6) is -0.120. The van der Waals surface area contributed by atoms with E-state index in [1.54, 1.807) is 18.3 Å². The monoisotopic (exact) mass is 336 g/mol. The largest absolute Gasteiger partial charge is 0.434 e. The molecule has 2 aromatic heterocycles. The van der Waals surface area contributed by atoms with Gasteiger partial charge in [0.1, 0.15) is 5.82 Å². The first kappa shape index (κ1) is 16.2. The maximum Gasteiger partial charge on any atom is 0.434 e. The predicted molar refractivity (Wildman–Crippen MR) is 81.3 cm³/mol. The Bertz CT molecular complexity index is 744. The third-order valence-electron chi connectivity index (χ3n) is 3.53. The van der Waals surface area contributed by atoms with Gasteiger partial charge in [0.2, 0.25) is 0 Å². The van der Waals surface area contributed by atoms with Crippen LogP contribution in [-0.4, -0.2) is 21.9 Å². The highest BCUT2D eigenvalue weighted by molar-refractivity contribution is 5.95. The number of amides is 1. The maximum absolute atomic E-state index is 12.9. The molecule has 1 aliphatic rings. The normalized spacial score (nSPS) is 14.3. The van der Waals surface area contributed by atoms with Crippen molar-refractivity contribution in [3.8, 4) is 0 Å². The van der Waals surface area contributed by atoms with E-state index in [0.29, 0.717) is 11.9 Å². The molecule has 0 unspecified atom stereocenters. The molecule has 8 heteroatoms. The van der Waals surface area contributed by atoms with Gasteiger partial charge in [-0.25, -0.2) is 4.98 Å². The van der Waals surface area contributed by atoms with Crippen molar-refractivity contribution in [3.05, 3.63) is 53.5 Å². The molecule has 0 atom stereocenters. The van der Waals surface area contributed by atoms with Crippen molar-refractivity contribution in [3.63, 3.8) is 0 Å². The number of nitrogens with zero attached hydrogens (tertiary/aromatic N) is 2. The topological polar surface area (TPSA) is 66.9 Å². The summed E-state index contributed by atoms with van der Waals surface area (Å²) in [6.07, 6.45) is 0.134. The zero-order valence-corrected chi connectivity index (χ0v) is 12.6. The minimum atomic E-state index is -4.67. The molecule has 3 rings (SSSR count). The number of pyridine rings is 2. The van der Waals surface area contributed by atoms with Crippen LogP contribution in [-0.2, 0) is 12.7 Å². The van der Waals surface area contributed by atoms with Crippen LogP contribution < -0.4 is 10.6 Å². The maximum atomic E-state index is 12.9. The van der Waals surface area contributed by atoms with E-state index in [4.69, 9.17) is 0 Å². The molecule has 0 bridgehead atoms. The fraction of sp³-hybridized carbons (Fsp3) is 0.312. The van der Waals surface area contributed by atoms with Gasteiger partial charge in [0.25, 0.3) is 5.91 Å². The lowest BCUT2D eigenvalue weighted by Crippen LogP contribution is -2.26. The summed E-state index contributed by atoms with van der Waals surface area (Å²) in [5, 5.41) is 5.71. The molecule has 1 saturated carbocycles. The lowest BCUT2D eigenvalue weighted by Gasteiger charge is -2.12. The molecule has 5 nitrogen and oxygen atoms in total. The second kappa shape index (κ2) is 6.46. The molecule has 0 aliphatic heterocycles. The van der Waals surface area contributed by atoms with Crippen molar-refractivity contribution in [2.45, 2.75) is 31.6 Å². The third kappa shape index (κ3) is 4.01. The van der Waals surface area contributed by atoms with E-state index in [1.165, 1.54) is 6.07 Å². The molecule has 1 aliphatic carbocycles. The van der Waals surface area contributed by atoms with Crippen LogP contribution >= 0.6 is 0 Å². The lowest BCUT2D eigenvalue weighted by molar-refractivity contribution is -0.141. The van der Waals surface area contributed by atoms with Gasteiger partial charge in [0.15, 0.2) is 5.69 Å². The quantitative estimate of drug-likeness (QED) is 0.881. The molecule has 2 aromatic rings. The highest BCUT2D eigenvalue weighted by atomic mass is 19.4. The minimum Gasteiger partial charge on any atom is -0.367 e. The molecule has 0 spiro atoms. The number of halogens is 3. The van der Waals surface area contributed by atoms with Gasteiger partial charge in [-0.1, -0.05) is 0 Å². The van der Waals surface area contributed by atoms with Crippen LogP contribution in [0.2, 0.25) is 0 Å². The van der Waals surface area contributed by atoms with Crippen molar-refractivity contribution in [2.75, 3.05) is 5.32 Å². The number of hydrogen-bond donors (Lipinski definition) is 2. The van der Waals surface area contributed by atoms with Crippen molar-refractivity contribution in [1.29, 1.82) is 0 Å². The number of hydrogen-bond acceptors (Lipinski definition) is 4. The molecular formula is C16H15F3N4O. The SMILES string of the molecule is O=C(NCc1ccnc(NC2CC2)c1)c1cccnc1C(F)(F)F. The van der Waals surface area contributed by atoms with E-state index in [1.807, 2.05) is 0 Å². The zero-order chi connectivity index (χ0) is 17.2. The van der Waals surface area contributed by atoms with E-state index < -0.39 is 23.3 Å². The van der Waals surface area contributed by atoms with E-state index in [0.717, 1.165) is 30.7 Å². The standard InChI is InChI=1S/C16H15F3N4O/c17-16(18,19)14-12(2-1-6-21-14)15(24)22-9-10-5-7-20-13(8-10)23-11-3-4-11/h1-2,5-8,11H,3-4,9H2,(H,20,23)(H,22,24). The molecule has 0 saturated heterocycles. The van der Waals surface area contributed by atoms with Gasteiger partial charge in [-0.2, -0.15) is 13.2 Å². The van der Waals surface area contributed by atoms with Crippen LogP contribution in [0.3, 0.4) is 0 Å². The zero-order valence-electron chi connectivity index (χ0n) is 12.6. The Balaban J connectivity index is 1.68. The second-order valence-electron chi connectivity index (χ2n) is 5.55. The minimum absolute atomic E-state index is 0.104. The first-order chi connectivity index (χ1) is 11.4. The van der Waals surface area contributed by atoms with E-state index in [-0.39, 0.29) is 6.54 Å². The summed E-state index contributed by atoms with van der Waals surface area (Å²) in [6.45, 7) is 0.104. The van der Waals surface area contributed by atoms with Gasteiger partial charge in [-0.05, 0) is 42.7 Å². The van der Waals surface area contributed by atoms with Crippen LogP contribution in [0.25, 0.3) is 0 Å². The summed E-state index contributed by atoms with van der Waals surface area (Å²) >= 11 is 0.